The summed E-state index contributed by atoms with van der Waals surface area (Å²) in [7, 11) is -5.74. The van der Waals surface area contributed by atoms with Crippen molar-refractivity contribution in [2.24, 2.45) is 0 Å². The lowest BCUT2D eigenvalue weighted by Crippen LogP contribution is -2.33. The molecule has 2 aromatic heterocycles. The van der Waals surface area contributed by atoms with Crippen LogP contribution in [0, 0.1) is 13.8 Å². The Morgan fingerprint density at radius 3 is 1.77 bits per heavy atom. The first-order chi connectivity index (χ1) is 24.0. The molecular formula is C30H28BrCl3F6N4O6S2. The first-order valence-electron chi connectivity index (χ1n) is 13.9. The molecule has 0 bridgehead atoms. The van der Waals surface area contributed by atoms with E-state index in [1.807, 2.05) is 0 Å². The summed E-state index contributed by atoms with van der Waals surface area (Å²) < 4.78 is 140. The van der Waals surface area contributed by atoms with Gasteiger partial charge >= 0.3 is 12.4 Å². The van der Waals surface area contributed by atoms with E-state index in [1.165, 1.54) is 37.8 Å². The number of halogens is 10. The predicted octanol–water partition coefficient (Wildman–Crippen LogP) is 9.32. The zero-order chi connectivity index (χ0) is 39.7. The molecule has 0 aliphatic carbocycles. The van der Waals surface area contributed by atoms with E-state index in [0.29, 0.717) is 29.3 Å². The summed E-state index contributed by atoms with van der Waals surface area (Å²) in [5, 5.41) is -1.16. The fraction of sp³-hybridized carbons (Fsp3) is 0.267. The van der Waals surface area contributed by atoms with E-state index in [2.05, 4.69) is 35.4 Å². The number of hydrogen-bond donors (Lipinski definition) is 1. The highest BCUT2D eigenvalue weighted by Gasteiger charge is 2.36. The number of pyridine rings is 2. The molecule has 4 rings (SSSR count). The van der Waals surface area contributed by atoms with Gasteiger partial charge in [0.25, 0.3) is 20.0 Å². The number of hydrogen-bond acceptors (Lipinski definition) is 8. The van der Waals surface area contributed by atoms with Gasteiger partial charge in [0.1, 0.15) is 17.4 Å². The van der Waals surface area contributed by atoms with Crippen LogP contribution in [0.5, 0.6) is 0 Å². The van der Waals surface area contributed by atoms with Crippen LogP contribution in [0.2, 0.25) is 10.0 Å². The van der Waals surface area contributed by atoms with Gasteiger partial charge in [-0.3, -0.25) is 9.71 Å². The van der Waals surface area contributed by atoms with Crippen molar-refractivity contribution < 1.29 is 52.7 Å². The molecule has 0 aliphatic rings. The number of ether oxygens (including phenoxy) is 2. The average Bonchev–Trinajstić information content (AvgIpc) is 3.04. The molecule has 0 aliphatic heterocycles. The third kappa shape index (κ3) is 12.6. The van der Waals surface area contributed by atoms with Crippen LogP contribution in [-0.4, -0.2) is 53.8 Å². The standard InChI is InChI=1S/C15H13BrClF3N2O3S.C13H10ClF3N2O2S.C2H5ClO/c1-9-5-13(14(16)21-7-9)22(8-25-2)26(23,24)10-3-4-12(17)11(6-10)15(18,19)20;1-8-4-9(7-18-6-8)19-22(20,21)10-2-3-12(14)11(5-10)13(15,16)17;1-4-2-3/h3-7H,8H2,1-2H3;2-7,19H,1H3;2H2,1H3. The van der Waals surface area contributed by atoms with Gasteiger partial charge in [-0.25, -0.2) is 26.1 Å². The maximum atomic E-state index is 13.1. The molecule has 22 heteroatoms. The molecule has 286 valence electrons. The molecule has 0 amide bonds. The fourth-order valence-electron chi connectivity index (χ4n) is 3.82. The van der Waals surface area contributed by atoms with Crippen molar-refractivity contribution in [2.75, 3.05) is 36.0 Å². The summed E-state index contributed by atoms with van der Waals surface area (Å²) >= 11 is 19.1. The molecule has 52 heavy (non-hydrogen) atoms. The van der Waals surface area contributed by atoms with E-state index < -0.39 is 70.1 Å². The van der Waals surface area contributed by atoms with Gasteiger partial charge in [-0.15, -0.1) is 0 Å². The Kier molecular flexibility index (Phi) is 16.5. The van der Waals surface area contributed by atoms with Crippen LogP contribution in [0.15, 0.2) is 81.5 Å². The summed E-state index contributed by atoms with van der Waals surface area (Å²) in [6.07, 6.45) is -5.25. The van der Waals surface area contributed by atoms with Gasteiger partial charge in [0.05, 0.1) is 48.5 Å². The van der Waals surface area contributed by atoms with Crippen molar-refractivity contribution >= 4 is 82.2 Å². The highest BCUT2D eigenvalue weighted by Crippen LogP contribution is 2.38. The molecule has 0 saturated carbocycles. The lowest BCUT2D eigenvalue weighted by atomic mass is 10.2. The number of alkyl halides is 7. The molecule has 0 saturated heterocycles. The first-order valence-corrected chi connectivity index (χ1v) is 18.9. The summed E-state index contributed by atoms with van der Waals surface area (Å²) in [6, 6.07) is 8.11. The number of benzene rings is 2. The Morgan fingerprint density at radius 1 is 0.788 bits per heavy atom. The second-order valence-corrected chi connectivity index (χ2v) is 15.5. The van der Waals surface area contributed by atoms with Crippen molar-refractivity contribution in [3.63, 3.8) is 0 Å². The van der Waals surface area contributed by atoms with Crippen LogP contribution in [0.1, 0.15) is 22.3 Å². The molecule has 2 heterocycles. The molecule has 1 N–H and O–H groups in total. The van der Waals surface area contributed by atoms with Gasteiger partial charge < -0.3 is 9.47 Å². The van der Waals surface area contributed by atoms with Crippen LogP contribution in [0.4, 0.5) is 37.7 Å². The van der Waals surface area contributed by atoms with Crippen molar-refractivity contribution in [3.8, 4) is 0 Å². The van der Waals surface area contributed by atoms with Crippen molar-refractivity contribution in [1.82, 2.24) is 9.97 Å². The Morgan fingerprint density at radius 2 is 1.29 bits per heavy atom. The van der Waals surface area contributed by atoms with Crippen LogP contribution in [-0.2, 0) is 41.9 Å². The monoisotopic (exact) mass is 902 g/mol. The Labute approximate surface area is 319 Å². The minimum absolute atomic E-state index is 0.135. The number of anilines is 2. The number of nitrogens with zero attached hydrogens (tertiary/aromatic N) is 3. The molecule has 0 atom stereocenters. The van der Waals surface area contributed by atoms with Gasteiger partial charge in [-0.05, 0) is 89.4 Å². The number of methoxy groups -OCH3 is 2. The fourth-order valence-corrected chi connectivity index (χ4v) is 7.28. The minimum atomic E-state index is -4.79. The highest BCUT2D eigenvalue weighted by atomic mass is 79.9. The van der Waals surface area contributed by atoms with Crippen LogP contribution in [0.3, 0.4) is 0 Å². The molecule has 4 aromatic rings. The molecule has 10 nitrogen and oxygen atoms in total. The summed E-state index contributed by atoms with van der Waals surface area (Å²) in [5.74, 6) is 0. The van der Waals surface area contributed by atoms with Crippen molar-refractivity contribution in [1.29, 1.82) is 0 Å². The Hall–Kier alpha value is -2.91. The molecule has 0 unspecified atom stereocenters. The normalized spacial score (nSPS) is 11.9. The number of sulfonamides is 2. The van der Waals surface area contributed by atoms with Crippen molar-refractivity contribution in [3.05, 3.63) is 104 Å². The lowest BCUT2D eigenvalue weighted by molar-refractivity contribution is -0.138. The van der Waals surface area contributed by atoms with E-state index in [-0.39, 0.29) is 16.0 Å². The molecular weight excluding hydrogens is 877 g/mol. The van der Waals surface area contributed by atoms with Gasteiger partial charge in [-0.1, -0.05) is 34.8 Å². The second kappa shape index (κ2) is 18.9. The number of nitrogens with one attached hydrogen (secondary N) is 1. The quantitative estimate of drug-likeness (QED) is 0.0763. The van der Waals surface area contributed by atoms with Crippen LogP contribution >= 0.6 is 50.7 Å². The van der Waals surface area contributed by atoms with Gasteiger partial charge in [0.2, 0.25) is 0 Å². The zero-order valence-corrected chi connectivity index (χ0v) is 32.6. The van der Waals surface area contributed by atoms with Crippen LogP contribution < -0.4 is 9.03 Å². The SMILES string of the molecule is COCCl.COCN(c1cc(C)cnc1Br)S(=O)(=O)c1ccc(Cl)c(C(F)(F)F)c1.Cc1cncc(NS(=O)(=O)c2ccc(Cl)c(C(F)(F)F)c2)c1. The molecule has 2 aromatic carbocycles. The maximum Gasteiger partial charge on any atom is 0.417 e. The largest absolute Gasteiger partial charge is 0.417 e. The predicted molar refractivity (Wildman–Crippen MR) is 189 cm³/mol. The molecule has 0 fully saturated rings. The summed E-state index contributed by atoms with van der Waals surface area (Å²) in [5.41, 5.74) is -0.795. The van der Waals surface area contributed by atoms with E-state index in [9.17, 15) is 43.2 Å². The van der Waals surface area contributed by atoms with Crippen molar-refractivity contribution in [2.45, 2.75) is 36.0 Å². The van der Waals surface area contributed by atoms with Gasteiger partial charge in [-0.2, -0.15) is 26.3 Å². The third-order valence-corrected chi connectivity index (χ3v) is 10.7. The van der Waals surface area contributed by atoms with Crippen LogP contribution in [0.25, 0.3) is 0 Å². The van der Waals surface area contributed by atoms with E-state index in [4.69, 9.17) is 39.5 Å². The highest BCUT2D eigenvalue weighted by molar-refractivity contribution is 9.10. The average molecular weight is 905 g/mol. The number of rotatable bonds is 9. The summed E-state index contributed by atoms with van der Waals surface area (Å²) in [4.78, 5) is 6.71. The van der Waals surface area contributed by atoms with E-state index in [1.54, 1.807) is 21.0 Å². The molecule has 0 spiro atoms. The molecule has 0 radical (unpaired) electrons. The third-order valence-electron chi connectivity index (χ3n) is 6.09. The first kappa shape index (κ1) is 45.2. The van der Waals surface area contributed by atoms with Gasteiger partial charge in [0.15, 0.2) is 0 Å². The number of aryl methyl sites for hydroxylation is 2. The minimum Gasteiger partial charge on any atom is -0.369 e. The number of aromatic nitrogens is 2. The Balaban J connectivity index is 0.000000330. The maximum absolute atomic E-state index is 13.1. The zero-order valence-electron chi connectivity index (χ0n) is 27.2. The summed E-state index contributed by atoms with van der Waals surface area (Å²) in [6.45, 7) is 2.98. The van der Waals surface area contributed by atoms with E-state index in [0.717, 1.165) is 28.6 Å². The van der Waals surface area contributed by atoms with E-state index >= 15 is 0 Å². The van der Waals surface area contributed by atoms with Gasteiger partial charge in [0, 0.05) is 26.6 Å². The second-order valence-electron chi connectivity index (χ2n) is 10.1. The smallest absolute Gasteiger partial charge is 0.369 e. The lowest BCUT2D eigenvalue weighted by Gasteiger charge is -2.25. The Bertz CT molecular complexity index is 2060. The topological polar surface area (TPSA) is 128 Å².